The summed E-state index contributed by atoms with van der Waals surface area (Å²) in [6, 6.07) is 12.2. The molecule has 3 heteroatoms. The van der Waals surface area contributed by atoms with Crippen LogP contribution in [0, 0.1) is 0 Å². The third-order valence-electron chi connectivity index (χ3n) is 2.80. The van der Waals surface area contributed by atoms with E-state index >= 15 is 0 Å². The van der Waals surface area contributed by atoms with Crippen LogP contribution in [0.2, 0.25) is 5.02 Å². The summed E-state index contributed by atoms with van der Waals surface area (Å²) in [5.41, 5.74) is 7.28. The van der Waals surface area contributed by atoms with Gasteiger partial charge in [-0.05, 0) is 48.4 Å². The minimum absolute atomic E-state index is 0.0914. The van der Waals surface area contributed by atoms with Crippen LogP contribution < -0.4 is 5.73 Å². The Bertz CT molecular complexity index is 453. The Morgan fingerprint density at radius 2 is 2.12 bits per heavy atom. The number of thiophene rings is 1. The average molecular weight is 266 g/mol. The van der Waals surface area contributed by atoms with Gasteiger partial charge < -0.3 is 5.73 Å². The Hall–Kier alpha value is -0.830. The molecule has 0 saturated carbocycles. The lowest BCUT2D eigenvalue weighted by molar-refractivity contribution is 0.614. The minimum Gasteiger partial charge on any atom is -0.324 e. The average Bonchev–Trinajstić information content (AvgIpc) is 2.82. The number of benzene rings is 1. The highest BCUT2D eigenvalue weighted by Crippen LogP contribution is 2.21. The summed E-state index contributed by atoms with van der Waals surface area (Å²) in [7, 11) is 0. The van der Waals surface area contributed by atoms with E-state index in [0.717, 1.165) is 29.8 Å². The smallest absolute Gasteiger partial charge is 0.0409 e. The Balaban J connectivity index is 1.83. The second-order valence-electron chi connectivity index (χ2n) is 4.13. The second kappa shape index (κ2) is 6.20. The van der Waals surface area contributed by atoms with E-state index in [1.165, 1.54) is 4.88 Å². The summed E-state index contributed by atoms with van der Waals surface area (Å²) in [6.07, 6.45) is 3.23. The summed E-state index contributed by atoms with van der Waals surface area (Å²) >= 11 is 7.76. The Morgan fingerprint density at radius 1 is 1.24 bits per heavy atom. The number of halogens is 1. The van der Waals surface area contributed by atoms with Gasteiger partial charge in [0.05, 0.1) is 0 Å². The number of aryl methyl sites for hydroxylation is 1. The number of nitrogens with two attached hydrogens (primary N) is 1. The first-order valence-corrected chi connectivity index (χ1v) is 7.05. The van der Waals surface area contributed by atoms with Gasteiger partial charge in [-0.25, -0.2) is 0 Å². The molecule has 1 aromatic carbocycles. The van der Waals surface area contributed by atoms with Gasteiger partial charge in [0.2, 0.25) is 0 Å². The van der Waals surface area contributed by atoms with Crippen molar-refractivity contribution in [1.82, 2.24) is 0 Å². The second-order valence-corrected chi connectivity index (χ2v) is 5.60. The normalized spacial score (nSPS) is 12.6. The molecule has 1 unspecified atom stereocenters. The van der Waals surface area contributed by atoms with Crippen molar-refractivity contribution in [1.29, 1.82) is 0 Å². The van der Waals surface area contributed by atoms with Crippen LogP contribution in [0.1, 0.15) is 29.3 Å². The maximum absolute atomic E-state index is 6.15. The van der Waals surface area contributed by atoms with Crippen molar-refractivity contribution in [2.45, 2.75) is 25.3 Å². The van der Waals surface area contributed by atoms with Gasteiger partial charge in [-0.15, -0.1) is 11.3 Å². The van der Waals surface area contributed by atoms with Gasteiger partial charge >= 0.3 is 0 Å². The molecule has 0 aliphatic rings. The molecule has 17 heavy (non-hydrogen) atoms. The fraction of sp³-hybridized carbons (Fsp3) is 0.286. The largest absolute Gasteiger partial charge is 0.324 e. The molecule has 1 atom stereocenters. The Kier molecular flexibility index (Phi) is 4.60. The molecule has 2 aromatic rings. The van der Waals surface area contributed by atoms with Gasteiger partial charge in [-0.1, -0.05) is 29.8 Å². The molecule has 0 fully saturated rings. The molecule has 1 aromatic heterocycles. The van der Waals surface area contributed by atoms with Crippen molar-refractivity contribution in [3.8, 4) is 0 Å². The molecule has 1 nitrogen and oxygen atoms in total. The molecule has 0 saturated heterocycles. The van der Waals surface area contributed by atoms with Crippen LogP contribution in [0.4, 0.5) is 0 Å². The van der Waals surface area contributed by atoms with Crippen LogP contribution in [0.25, 0.3) is 0 Å². The lowest BCUT2D eigenvalue weighted by Crippen LogP contribution is -2.10. The van der Waals surface area contributed by atoms with Crippen molar-refractivity contribution < 1.29 is 0 Å². The van der Waals surface area contributed by atoms with Crippen LogP contribution >= 0.6 is 22.9 Å². The molecular weight excluding hydrogens is 250 g/mol. The molecule has 0 aliphatic heterocycles. The molecule has 1 heterocycles. The summed E-state index contributed by atoms with van der Waals surface area (Å²) in [5.74, 6) is 0. The van der Waals surface area contributed by atoms with Crippen molar-refractivity contribution in [3.63, 3.8) is 0 Å². The van der Waals surface area contributed by atoms with E-state index in [9.17, 15) is 0 Å². The van der Waals surface area contributed by atoms with Crippen molar-refractivity contribution in [2.24, 2.45) is 5.73 Å². The topological polar surface area (TPSA) is 26.0 Å². The zero-order valence-electron chi connectivity index (χ0n) is 9.60. The summed E-state index contributed by atoms with van der Waals surface area (Å²) in [5, 5.41) is 2.88. The van der Waals surface area contributed by atoms with Crippen molar-refractivity contribution in [2.75, 3.05) is 0 Å². The lowest BCUT2D eigenvalue weighted by Gasteiger charge is -2.11. The van der Waals surface area contributed by atoms with E-state index in [0.29, 0.717) is 0 Å². The highest BCUT2D eigenvalue weighted by Gasteiger charge is 2.06. The third kappa shape index (κ3) is 3.84. The highest BCUT2D eigenvalue weighted by molar-refractivity contribution is 7.09. The first kappa shape index (κ1) is 12.6. The monoisotopic (exact) mass is 265 g/mol. The summed E-state index contributed by atoms with van der Waals surface area (Å²) in [4.78, 5) is 1.43. The fourth-order valence-corrected chi connectivity index (χ4v) is 2.80. The number of hydrogen-bond acceptors (Lipinski definition) is 2. The van der Waals surface area contributed by atoms with E-state index in [4.69, 9.17) is 17.3 Å². The van der Waals surface area contributed by atoms with Gasteiger partial charge in [-0.2, -0.15) is 0 Å². The maximum Gasteiger partial charge on any atom is 0.0409 e. The molecule has 0 radical (unpaired) electrons. The first-order chi connectivity index (χ1) is 8.25. The summed E-state index contributed by atoms with van der Waals surface area (Å²) in [6.45, 7) is 0. The summed E-state index contributed by atoms with van der Waals surface area (Å²) < 4.78 is 0. The van der Waals surface area contributed by atoms with E-state index < -0.39 is 0 Å². The zero-order chi connectivity index (χ0) is 12.1. The maximum atomic E-state index is 6.15. The van der Waals surface area contributed by atoms with Gasteiger partial charge in [0.1, 0.15) is 0 Å². The Morgan fingerprint density at radius 3 is 2.82 bits per heavy atom. The molecule has 2 N–H and O–H groups in total. The molecule has 0 bridgehead atoms. The number of hydrogen-bond donors (Lipinski definition) is 1. The van der Waals surface area contributed by atoms with Crippen LogP contribution in [0.5, 0.6) is 0 Å². The number of rotatable bonds is 5. The van der Waals surface area contributed by atoms with E-state index in [1.54, 1.807) is 0 Å². The highest BCUT2D eigenvalue weighted by atomic mass is 35.5. The Labute approximate surface area is 111 Å². The van der Waals surface area contributed by atoms with Crippen molar-refractivity contribution in [3.05, 3.63) is 57.2 Å². The fourth-order valence-electron chi connectivity index (χ4n) is 1.85. The molecule has 90 valence electrons. The predicted octanol–water partition coefficient (Wildman–Crippen LogP) is 4.42. The van der Waals surface area contributed by atoms with Crippen LogP contribution in [0.3, 0.4) is 0 Å². The van der Waals surface area contributed by atoms with Crippen LogP contribution in [-0.2, 0) is 6.42 Å². The first-order valence-electron chi connectivity index (χ1n) is 5.79. The van der Waals surface area contributed by atoms with E-state index in [-0.39, 0.29) is 6.04 Å². The zero-order valence-corrected chi connectivity index (χ0v) is 11.2. The van der Waals surface area contributed by atoms with Gasteiger partial charge in [0.25, 0.3) is 0 Å². The predicted molar refractivity (Wildman–Crippen MR) is 75.6 cm³/mol. The van der Waals surface area contributed by atoms with Crippen LogP contribution in [-0.4, -0.2) is 0 Å². The molecular formula is C14H16ClNS. The molecule has 0 amide bonds. The van der Waals surface area contributed by atoms with Gasteiger partial charge in [-0.3, -0.25) is 0 Å². The molecule has 0 aliphatic carbocycles. The standard InChI is InChI=1S/C14H16ClNS/c15-12-5-1-4-11(10-12)14(16)8-2-6-13-7-3-9-17-13/h1,3-5,7,9-10,14H,2,6,8,16H2. The SMILES string of the molecule is NC(CCCc1cccs1)c1cccc(Cl)c1. The third-order valence-corrected chi connectivity index (χ3v) is 3.97. The van der Waals surface area contributed by atoms with Crippen molar-refractivity contribution >= 4 is 22.9 Å². The lowest BCUT2D eigenvalue weighted by atomic mass is 10.0. The quantitative estimate of drug-likeness (QED) is 0.851. The van der Waals surface area contributed by atoms with E-state index in [2.05, 4.69) is 17.5 Å². The minimum atomic E-state index is 0.0914. The van der Waals surface area contributed by atoms with E-state index in [1.807, 2.05) is 35.6 Å². The molecule has 0 spiro atoms. The van der Waals surface area contributed by atoms with Crippen LogP contribution in [0.15, 0.2) is 41.8 Å². The van der Waals surface area contributed by atoms with Gasteiger partial charge in [0, 0.05) is 15.9 Å². The molecule has 2 rings (SSSR count). The van der Waals surface area contributed by atoms with Gasteiger partial charge in [0.15, 0.2) is 0 Å².